The summed E-state index contributed by atoms with van der Waals surface area (Å²) >= 11 is 0.529. The fourth-order valence-electron chi connectivity index (χ4n) is 2.49. The van der Waals surface area contributed by atoms with Crippen LogP contribution in [0, 0.1) is 0 Å². The quantitative estimate of drug-likeness (QED) is 0.507. The molecule has 0 radical (unpaired) electrons. The van der Waals surface area contributed by atoms with Crippen LogP contribution in [0.1, 0.15) is 31.7 Å². The van der Waals surface area contributed by atoms with Crippen LogP contribution in [-0.4, -0.2) is 32.3 Å². The van der Waals surface area contributed by atoms with Crippen molar-refractivity contribution in [1.82, 2.24) is 0 Å². The molecule has 124 valence electrons. The fourth-order valence-corrected chi connectivity index (χ4v) is 4.32. The molecule has 0 saturated heterocycles. The van der Waals surface area contributed by atoms with Crippen LogP contribution >= 0.6 is 0 Å². The van der Waals surface area contributed by atoms with Gasteiger partial charge in [-0.05, 0) is 0 Å². The average Bonchev–Trinajstić information content (AvgIpc) is 2.59. The molecule has 2 aromatic rings. The van der Waals surface area contributed by atoms with E-state index in [1.54, 1.807) is 0 Å². The maximum atomic E-state index is 9.36. The van der Waals surface area contributed by atoms with E-state index in [-0.39, 0.29) is 12.2 Å². The topological polar surface area (TPSA) is 29.5 Å². The van der Waals surface area contributed by atoms with Gasteiger partial charge >= 0.3 is 146 Å². The van der Waals surface area contributed by atoms with Crippen molar-refractivity contribution in [3.63, 3.8) is 0 Å². The van der Waals surface area contributed by atoms with E-state index < -0.39 is 0 Å². The Morgan fingerprint density at radius 3 is 2.26 bits per heavy atom. The van der Waals surface area contributed by atoms with Crippen molar-refractivity contribution in [2.24, 2.45) is 0 Å². The van der Waals surface area contributed by atoms with Gasteiger partial charge < -0.3 is 0 Å². The van der Waals surface area contributed by atoms with Crippen molar-refractivity contribution < 1.29 is 9.84 Å². The van der Waals surface area contributed by atoms with Crippen LogP contribution in [0.25, 0.3) is 0 Å². The van der Waals surface area contributed by atoms with Crippen molar-refractivity contribution in [3.8, 4) is 0 Å². The third kappa shape index (κ3) is 6.88. The summed E-state index contributed by atoms with van der Waals surface area (Å²) in [5.74, 6) is 0. The molecule has 23 heavy (non-hydrogen) atoms. The molecule has 1 atom stereocenters. The van der Waals surface area contributed by atoms with Crippen LogP contribution < -0.4 is 4.46 Å². The van der Waals surface area contributed by atoms with Gasteiger partial charge in [0.25, 0.3) is 0 Å². The molecule has 0 unspecified atom stereocenters. The average molecular weight is 377 g/mol. The number of hydrogen-bond donors (Lipinski definition) is 1. The second kappa shape index (κ2) is 9.89. The summed E-state index contributed by atoms with van der Waals surface area (Å²) in [6.07, 6.45) is 2.83. The van der Waals surface area contributed by atoms with E-state index in [1.165, 1.54) is 15.3 Å². The summed E-state index contributed by atoms with van der Waals surface area (Å²) in [5.41, 5.74) is 0.947. The van der Waals surface area contributed by atoms with Crippen molar-refractivity contribution in [2.45, 2.75) is 43.7 Å². The molecule has 0 amide bonds. The Hall–Kier alpha value is -1.12. The molecular weight excluding hydrogens is 351 g/mol. The number of aliphatic hydroxyl groups is 1. The Bertz CT molecular complexity index is 544. The fraction of sp³-hybridized carbons (Fsp3) is 0.400. The third-order valence-corrected chi connectivity index (χ3v) is 6.24. The number of ether oxygens (including phenoxy) is 1. The van der Waals surface area contributed by atoms with Gasteiger partial charge in [-0.15, -0.1) is 0 Å². The summed E-state index contributed by atoms with van der Waals surface area (Å²) in [5, 5.41) is 10.6. The van der Waals surface area contributed by atoms with Crippen molar-refractivity contribution in [1.29, 1.82) is 0 Å². The Morgan fingerprint density at radius 2 is 1.61 bits per heavy atom. The van der Waals surface area contributed by atoms with Crippen LogP contribution in [0.5, 0.6) is 0 Å². The Morgan fingerprint density at radius 1 is 0.957 bits per heavy atom. The predicted octanol–water partition coefficient (Wildman–Crippen LogP) is 3.57. The van der Waals surface area contributed by atoms with Gasteiger partial charge in [0.05, 0.1) is 0 Å². The number of aliphatic hydroxyl groups excluding tert-OH is 1. The van der Waals surface area contributed by atoms with E-state index in [0.29, 0.717) is 28.0 Å². The molecule has 0 aromatic heterocycles. The van der Waals surface area contributed by atoms with Gasteiger partial charge in [-0.1, -0.05) is 0 Å². The summed E-state index contributed by atoms with van der Waals surface area (Å²) in [6, 6.07) is 20.9. The van der Waals surface area contributed by atoms with Crippen LogP contribution in [0.15, 0.2) is 60.7 Å². The predicted molar refractivity (Wildman–Crippen MR) is 97.2 cm³/mol. The molecule has 0 aliphatic carbocycles. The first-order valence-corrected chi connectivity index (χ1v) is 10.3. The standard InChI is InChI=1S/C20H26O2Se/c1-20(14-15-21,22-17-18-9-4-2-5-10-18)13-8-16-23-19-11-6-3-7-12-19/h2-7,9-12,21H,8,13-17H2,1H3/t20-/m1/s1. The van der Waals surface area contributed by atoms with Gasteiger partial charge in [0.1, 0.15) is 0 Å². The second-order valence-corrected chi connectivity index (χ2v) is 8.41. The van der Waals surface area contributed by atoms with Crippen molar-refractivity contribution in [3.05, 3.63) is 66.2 Å². The second-order valence-electron chi connectivity index (χ2n) is 5.96. The van der Waals surface area contributed by atoms with Gasteiger partial charge in [-0.2, -0.15) is 0 Å². The third-order valence-electron chi connectivity index (χ3n) is 3.93. The molecule has 0 aliphatic rings. The summed E-state index contributed by atoms with van der Waals surface area (Å²) in [4.78, 5) is 0. The molecule has 0 aliphatic heterocycles. The molecule has 0 saturated carbocycles. The first-order valence-electron chi connectivity index (χ1n) is 8.18. The molecule has 0 bridgehead atoms. The Kier molecular flexibility index (Phi) is 7.84. The monoisotopic (exact) mass is 378 g/mol. The number of hydrogen-bond acceptors (Lipinski definition) is 2. The van der Waals surface area contributed by atoms with Crippen LogP contribution in [0.2, 0.25) is 5.32 Å². The zero-order valence-corrected chi connectivity index (χ0v) is 15.5. The first-order chi connectivity index (χ1) is 11.2. The molecule has 2 rings (SSSR count). The van der Waals surface area contributed by atoms with Crippen LogP contribution in [-0.2, 0) is 11.3 Å². The molecule has 2 nitrogen and oxygen atoms in total. The Balaban J connectivity index is 1.77. The molecule has 0 heterocycles. The zero-order chi connectivity index (χ0) is 16.4. The van der Waals surface area contributed by atoms with E-state index in [0.717, 1.165) is 12.8 Å². The maximum absolute atomic E-state index is 9.36. The molecule has 3 heteroatoms. The number of benzene rings is 2. The van der Waals surface area contributed by atoms with Crippen molar-refractivity contribution in [2.75, 3.05) is 6.61 Å². The van der Waals surface area contributed by atoms with Gasteiger partial charge in [0.15, 0.2) is 0 Å². The van der Waals surface area contributed by atoms with E-state index >= 15 is 0 Å². The summed E-state index contributed by atoms with van der Waals surface area (Å²) < 4.78 is 7.61. The van der Waals surface area contributed by atoms with E-state index in [2.05, 4.69) is 49.4 Å². The molecule has 0 spiro atoms. The van der Waals surface area contributed by atoms with E-state index in [4.69, 9.17) is 4.74 Å². The minimum absolute atomic E-state index is 0.176. The molecule has 1 N–H and O–H groups in total. The number of rotatable bonds is 10. The minimum atomic E-state index is -0.239. The molecule has 0 fully saturated rings. The van der Waals surface area contributed by atoms with Gasteiger partial charge in [-0.25, -0.2) is 0 Å². The normalized spacial score (nSPS) is 13.7. The Labute approximate surface area is 146 Å². The van der Waals surface area contributed by atoms with Crippen LogP contribution in [0.3, 0.4) is 0 Å². The van der Waals surface area contributed by atoms with Crippen LogP contribution in [0.4, 0.5) is 0 Å². The van der Waals surface area contributed by atoms with Gasteiger partial charge in [-0.3, -0.25) is 0 Å². The summed E-state index contributed by atoms with van der Waals surface area (Å²) in [6.45, 7) is 2.91. The van der Waals surface area contributed by atoms with Gasteiger partial charge in [0.2, 0.25) is 0 Å². The van der Waals surface area contributed by atoms with Gasteiger partial charge in [0, 0.05) is 0 Å². The van der Waals surface area contributed by atoms with E-state index in [1.807, 2.05) is 18.2 Å². The SMILES string of the molecule is C[C@](CCO)(CCC[Se]c1ccccc1)OCc1ccccc1. The van der Waals surface area contributed by atoms with E-state index in [9.17, 15) is 5.11 Å². The zero-order valence-electron chi connectivity index (χ0n) is 13.8. The summed E-state index contributed by atoms with van der Waals surface area (Å²) in [7, 11) is 0. The molecular formula is C20H26O2Se. The molecule has 2 aromatic carbocycles. The van der Waals surface area contributed by atoms with Crippen molar-refractivity contribution >= 4 is 19.4 Å². The first kappa shape index (κ1) is 18.2.